The number of carbonyl (C=O) groups is 1. The summed E-state index contributed by atoms with van der Waals surface area (Å²) in [6, 6.07) is 2.13. The molecule has 0 radical (unpaired) electrons. The van der Waals surface area contributed by atoms with Gasteiger partial charge in [-0.15, -0.1) is 0 Å². The lowest BCUT2D eigenvalue weighted by atomic mass is 10.2. The maximum absolute atomic E-state index is 12.2. The Morgan fingerprint density at radius 2 is 2.05 bits per heavy atom. The Balaban J connectivity index is 2.01. The molecule has 1 amide bonds. The summed E-state index contributed by atoms with van der Waals surface area (Å²) in [6.07, 6.45) is 0.645. The molecule has 1 atom stereocenters. The molecule has 6 nitrogen and oxygen atoms in total. The molecule has 2 rings (SSSR count). The molecule has 2 heterocycles. The second-order valence-corrected chi connectivity index (χ2v) is 6.89. The second kappa shape index (κ2) is 6.10. The largest absolute Gasteiger partial charge is 0.444 e. The number of amides is 1. The standard InChI is InChI=1S/C16H26N4O2/c1-11-9-14(18-12(2)17-11)20-8-7-13(10-20)19(6)15(21)22-16(3,4)5/h9,13H,7-8,10H2,1-6H3. The highest BCUT2D eigenvalue weighted by atomic mass is 16.6. The van der Waals surface area contributed by atoms with Crippen LogP contribution in [0.25, 0.3) is 0 Å². The zero-order chi connectivity index (χ0) is 16.5. The molecule has 0 aliphatic carbocycles. The number of ether oxygens (including phenoxy) is 1. The van der Waals surface area contributed by atoms with E-state index in [0.29, 0.717) is 0 Å². The predicted octanol–water partition coefficient (Wildman–Crippen LogP) is 2.54. The van der Waals surface area contributed by atoms with Gasteiger partial charge < -0.3 is 14.5 Å². The Labute approximate surface area is 132 Å². The SMILES string of the molecule is Cc1cc(N2CCC(N(C)C(=O)OC(C)(C)C)C2)nc(C)n1. The van der Waals surface area contributed by atoms with Gasteiger partial charge in [0.1, 0.15) is 17.2 Å². The lowest BCUT2D eigenvalue weighted by Gasteiger charge is -2.28. The first-order valence-electron chi connectivity index (χ1n) is 7.69. The van der Waals surface area contributed by atoms with Crippen LogP contribution in [0.2, 0.25) is 0 Å². The van der Waals surface area contributed by atoms with Crippen molar-refractivity contribution in [2.24, 2.45) is 0 Å². The molecule has 22 heavy (non-hydrogen) atoms. The second-order valence-electron chi connectivity index (χ2n) is 6.89. The third-order valence-corrected chi connectivity index (χ3v) is 3.67. The van der Waals surface area contributed by atoms with E-state index in [4.69, 9.17) is 4.74 Å². The number of likely N-dealkylation sites (N-methyl/N-ethyl adjacent to an activating group) is 1. The molecule has 6 heteroatoms. The van der Waals surface area contributed by atoms with Crippen molar-refractivity contribution in [2.45, 2.75) is 52.7 Å². The smallest absolute Gasteiger partial charge is 0.410 e. The maximum atomic E-state index is 12.2. The van der Waals surface area contributed by atoms with Gasteiger partial charge in [-0.3, -0.25) is 0 Å². The van der Waals surface area contributed by atoms with Gasteiger partial charge in [0.2, 0.25) is 0 Å². The van der Waals surface area contributed by atoms with Crippen LogP contribution in [0.3, 0.4) is 0 Å². The monoisotopic (exact) mass is 306 g/mol. The quantitative estimate of drug-likeness (QED) is 0.840. The van der Waals surface area contributed by atoms with E-state index in [1.54, 1.807) is 11.9 Å². The minimum Gasteiger partial charge on any atom is -0.444 e. The van der Waals surface area contributed by atoms with Gasteiger partial charge in [-0.05, 0) is 41.0 Å². The highest BCUT2D eigenvalue weighted by molar-refractivity contribution is 5.68. The first-order chi connectivity index (χ1) is 10.2. The van der Waals surface area contributed by atoms with E-state index in [9.17, 15) is 4.79 Å². The molecule has 1 saturated heterocycles. The fraction of sp³-hybridized carbons (Fsp3) is 0.688. The molecule has 1 fully saturated rings. The van der Waals surface area contributed by atoms with Crippen LogP contribution >= 0.6 is 0 Å². The lowest BCUT2D eigenvalue weighted by Crippen LogP contribution is -2.42. The zero-order valence-corrected chi connectivity index (χ0v) is 14.4. The van der Waals surface area contributed by atoms with Crippen molar-refractivity contribution in [1.82, 2.24) is 14.9 Å². The number of rotatable bonds is 2. The van der Waals surface area contributed by atoms with Crippen LogP contribution in [0.4, 0.5) is 10.6 Å². The minimum atomic E-state index is -0.468. The molecular weight excluding hydrogens is 280 g/mol. The maximum Gasteiger partial charge on any atom is 0.410 e. The fourth-order valence-electron chi connectivity index (χ4n) is 2.61. The van der Waals surface area contributed by atoms with Crippen LogP contribution < -0.4 is 4.90 Å². The van der Waals surface area contributed by atoms with Crippen LogP contribution in [0.15, 0.2) is 6.07 Å². The Kier molecular flexibility index (Phi) is 4.58. The molecule has 0 aromatic carbocycles. The summed E-state index contributed by atoms with van der Waals surface area (Å²) in [5, 5.41) is 0. The molecule has 1 aliphatic heterocycles. The average molecular weight is 306 g/mol. The van der Waals surface area contributed by atoms with E-state index < -0.39 is 5.60 Å². The minimum absolute atomic E-state index is 0.144. The van der Waals surface area contributed by atoms with Crippen LogP contribution in [0, 0.1) is 13.8 Å². The molecule has 0 N–H and O–H groups in total. The van der Waals surface area contributed by atoms with E-state index in [1.807, 2.05) is 40.7 Å². The Bertz CT molecular complexity index is 533. The van der Waals surface area contributed by atoms with Crippen molar-refractivity contribution in [1.29, 1.82) is 0 Å². The van der Waals surface area contributed by atoms with Gasteiger partial charge in [0.25, 0.3) is 0 Å². The number of hydrogen-bond donors (Lipinski definition) is 0. The van der Waals surface area contributed by atoms with E-state index in [1.165, 1.54) is 0 Å². The summed E-state index contributed by atoms with van der Waals surface area (Å²) in [6.45, 7) is 11.2. The van der Waals surface area contributed by atoms with Gasteiger partial charge in [0.05, 0.1) is 6.04 Å². The number of hydrogen-bond acceptors (Lipinski definition) is 5. The number of carbonyl (C=O) groups excluding carboxylic acids is 1. The van der Waals surface area contributed by atoms with Crippen LogP contribution in [0.1, 0.15) is 38.7 Å². The van der Waals surface area contributed by atoms with Gasteiger partial charge in [-0.2, -0.15) is 0 Å². The van der Waals surface area contributed by atoms with Crippen molar-refractivity contribution in [3.8, 4) is 0 Å². The summed E-state index contributed by atoms with van der Waals surface area (Å²) in [4.78, 5) is 24.9. The topological polar surface area (TPSA) is 58.6 Å². The van der Waals surface area contributed by atoms with Gasteiger partial charge in [0.15, 0.2) is 0 Å². The number of nitrogens with zero attached hydrogens (tertiary/aromatic N) is 4. The van der Waals surface area contributed by atoms with E-state index in [-0.39, 0.29) is 12.1 Å². The van der Waals surface area contributed by atoms with E-state index in [0.717, 1.165) is 36.8 Å². The third kappa shape index (κ3) is 4.08. The molecule has 1 unspecified atom stereocenters. The summed E-state index contributed by atoms with van der Waals surface area (Å²) in [5.74, 6) is 1.71. The first-order valence-corrected chi connectivity index (χ1v) is 7.69. The molecule has 1 aromatic rings. The molecular formula is C16H26N4O2. The highest BCUT2D eigenvalue weighted by Gasteiger charge is 2.31. The molecule has 1 aliphatic rings. The van der Waals surface area contributed by atoms with Gasteiger partial charge >= 0.3 is 6.09 Å². The lowest BCUT2D eigenvalue weighted by molar-refractivity contribution is 0.0238. The van der Waals surface area contributed by atoms with E-state index in [2.05, 4.69) is 14.9 Å². The average Bonchev–Trinajstić information content (AvgIpc) is 2.84. The number of anilines is 1. The highest BCUT2D eigenvalue weighted by Crippen LogP contribution is 2.22. The molecule has 0 bridgehead atoms. The Hall–Kier alpha value is -1.85. The van der Waals surface area contributed by atoms with E-state index >= 15 is 0 Å². The van der Waals surface area contributed by atoms with Crippen molar-refractivity contribution in [2.75, 3.05) is 25.0 Å². The van der Waals surface area contributed by atoms with Gasteiger partial charge in [-0.1, -0.05) is 0 Å². The first kappa shape index (κ1) is 16.5. The summed E-state index contributed by atoms with van der Waals surface area (Å²) < 4.78 is 5.43. The van der Waals surface area contributed by atoms with Crippen molar-refractivity contribution in [3.05, 3.63) is 17.6 Å². The number of aromatic nitrogens is 2. The fourth-order valence-corrected chi connectivity index (χ4v) is 2.61. The molecule has 1 aromatic heterocycles. The Morgan fingerprint density at radius 1 is 1.36 bits per heavy atom. The van der Waals surface area contributed by atoms with Crippen molar-refractivity contribution >= 4 is 11.9 Å². The third-order valence-electron chi connectivity index (χ3n) is 3.67. The van der Waals surface area contributed by atoms with Crippen LogP contribution in [-0.2, 0) is 4.74 Å². The van der Waals surface area contributed by atoms with Gasteiger partial charge in [-0.25, -0.2) is 14.8 Å². The van der Waals surface area contributed by atoms with Crippen LogP contribution in [-0.4, -0.2) is 52.7 Å². The molecule has 122 valence electrons. The summed E-state index contributed by atoms with van der Waals surface area (Å²) in [5.41, 5.74) is 0.497. The zero-order valence-electron chi connectivity index (χ0n) is 14.4. The normalized spacial score (nSPS) is 18.5. The predicted molar refractivity (Wildman–Crippen MR) is 86.1 cm³/mol. The molecule has 0 saturated carbocycles. The molecule has 0 spiro atoms. The van der Waals surface area contributed by atoms with Crippen molar-refractivity contribution in [3.63, 3.8) is 0 Å². The Morgan fingerprint density at radius 3 is 2.64 bits per heavy atom. The number of aryl methyl sites for hydroxylation is 2. The van der Waals surface area contributed by atoms with Gasteiger partial charge in [0, 0.05) is 31.9 Å². The summed E-state index contributed by atoms with van der Waals surface area (Å²) in [7, 11) is 1.80. The van der Waals surface area contributed by atoms with Crippen LogP contribution in [0.5, 0.6) is 0 Å². The summed E-state index contributed by atoms with van der Waals surface area (Å²) >= 11 is 0. The van der Waals surface area contributed by atoms with Crippen molar-refractivity contribution < 1.29 is 9.53 Å².